The van der Waals surface area contributed by atoms with Crippen LogP contribution in [0.1, 0.15) is 63.4 Å². The fourth-order valence-corrected chi connectivity index (χ4v) is 5.14. The van der Waals surface area contributed by atoms with Gasteiger partial charge in [-0.1, -0.05) is 32.9 Å². The number of aromatic nitrogens is 2. The lowest BCUT2D eigenvalue weighted by atomic mass is 9.84. The maximum absolute atomic E-state index is 11.4. The van der Waals surface area contributed by atoms with Gasteiger partial charge in [0.05, 0.1) is 7.11 Å². The molecule has 0 unspecified atom stereocenters. The maximum Gasteiger partial charge on any atom is 0.140 e. The van der Waals surface area contributed by atoms with Gasteiger partial charge in [-0.05, 0) is 42.7 Å². The van der Waals surface area contributed by atoms with Crippen molar-refractivity contribution in [1.29, 1.82) is 0 Å². The van der Waals surface area contributed by atoms with Crippen molar-refractivity contribution >= 4 is 0 Å². The number of methoxy groups -OCH3 is 1. The second-order valence-electron chi connectivity index (χ2n) is 9.64. The average Bonchev–Trinajstić information content (AvgIpc) is 3.16. The molecule has 1 aromatic heterocycles. The van der Waals surface area contributed by atoms with Crippen LogP contribution in [0.3, 0.4) is 0 Å². The van der Waals surface area contributed by atoms with Crippen LogP contribution in [0.5, 0.6) is 5.75 Å². The third-order valence-electron chi connectivity index (χ3n) is 6.65. The molecule has 5 heteroatoms. The molecule has 1 N–H and O–H groups in total. The number of imidazole rings is 1. The molecule has 2 aliphatic rings. The Morgan fingerprint density at radius 2 is 1.89 bits per heavy atom. The van der Waals surface area contributed by atoms with Crippen molar-refractivity contribution < 1.29 is 9.84 Å². The van der Waals surface area contributed by atoms with E-state index < -0.39 is 5.60 Å². The lowest BCUT2D eigenvalue weighted by Gasteiger charge is -2.43. The minimum absolute atomic E-state index is 0.111. The van der Waals surface area contributed by atoms with Crippen LogP contribution in [0.2, 0.25) is 0 Å². The fourth-order valence-electron chi connectivity index (χ4n) is 5.14. The topological polar surface area (TPSA) is 50.5 Å². The van der Waals surface area contributed by atoms with Gasteiger partial charge in [-0.2, -0.15) is 0 Å². The zero-order valence-electron chi connectivity index (χ0n) is 17.8. The highest BCUT2D eigenvalue weighted by atomic mass is 16.5. The second kappa shape index (κ2) is 6.89. The number of benzene rings is 1. The van der Waals surface area contributed by atoms with Crippen molar-refractivity contribution in [3.05, 3.63) is 47.5 Å². The van der Waals surface area contributed by atoms with Crippen LogP contribution >= 0.6 is 0 Å². The summed E-state index contributed by atoms with van der Waals surface area (Å²) in [7, 11) is 3.72. The summed E-state index contributed by atoms with van der Waals surface area (Å²) in [4.78, 5) is 7.04. The molecule has 1 aromatic carbocycles. The van der Waals surface area contributed by atoms with E-state index >= 15 is 0 Å². The van der Waals surface area contributed by atoms with Crippen LogP contribution in [-0.4, -0.2) is 38.8 Å². The molecule has 5 nitrogen and oxygen atoms in total. The van der Waals surface area contributed by atoms with Gasteiger partial charge < -0.3 is 14.4 Å². The first-order chi connectivity index (χ1) is 13.2. The molecule has 0 radical (unpaired) electrons. The van der Waals surface area contributed by atoms with E-state index in [1.165, 1.54) is 11.1 Å². The van der Waals surface area contributed by atoms with E-state index in [0.29, 0.717) is 12.1 Å². The van der Waals surface area contributed by atoms with Gasteiger partial charge in [0.1, 0.15) is 17.2 Å². The van der Waals surface area contributed by atoms with Crippen LogP contribution in [0.4, 0.5) is 0 Å². The van der Waals surface area contributed by atoms with E-state index in [2.05, 4.69) is 48.9 Å². The number of fused-ring (bicyclic) bond motifs is 2. The molecule has 2 aromatic rings. The minimum Gasteiger partial charge on any atom is -0.496 e. The van der Waals surface area contributed by atoms with Crippen molar-refractivity contribution in [3.63, 3.8) is 0 Å². The van der Waals surface area contributed by atoms with Gasteiger partial charge in [0.15, 0.2) is 0 Å². The zero-order valence-corrected chi connectivity index (χ0v) is 17.8. The summed E-state index contributed by atoms with van der Waals surface area (Å²) >= 11 is 0. The molecule has 2 aliphatic heterocycles. The monoisotopic (exact) mass is 383 g/mol. The number of hydrogen-bond acceptors (Lipinski definition) is 4. The van der Waals surface area contributed by atoms with E-state index in [9.17, 15) is 5.11 Å². The predicted octanol–water partition coefficient (Wildman–Crippen LogP) is 3.74. The number of aryl methyl sites for hydroxylation is 1. The smallest absolute Gasteiger partial charge is 0.140 e. The molecule has 0 spiro atoms. The van der Waals surface area contributed by atoms with Crippen molar-refractivity contribution in [2.45, 2.75) is 76.1 Å². The number of rotatable bonds is 4. The van der Waals surface area contributed by atoms with E-state index in [1.54, 1.807) is 13.3 Å². The van der Waals surface area contributed by atoms with Gasteiger partial charge in [-0.3, -0.25) is 4.90 Å². The Kier molecular flexibility index (Phi) is 4.79. The van der Waals surface area contributed by atoms with E-state index in [-0.39, 0.29) is 5.41 Å². The molecule has 152 valence electrons. The van der Waals surface area contributed by atoms with Crippen molar-refractivity contribution in [3.8, 4) is 5.75 Å². The Labute approximate surface area is 168 Å². The van der Waals surface area contributed by atoms with Crippen LogP contribution in [0, 0.1) is 0 Å². The van der Waals surface area contributed by atoms with Crippen molar-refractivity contribution in [2.75, 3.05) is 7.11 Å². The molecule has 28 heavy (non-hydrogen) atoms. The molecule has 0 amide bonds. The SMILES string of the molecule is COc1ccc(C(C)(C)C)cc1CN1[C@H]2CC[C@H]1CC(O)(c1nccn1C)C2. The molecule has 4 rings (SSSR count). The highest BCUT2D eigenvalue weighted by molar-refractivity contribution is 5.40. The number of nitrogens with zero attached hydrogens (tertiary/aromatic N) is 3. The summed E-state index contributed by atoms with van der Waals surface area (Å²) in [5.74, 6) is 1.76. The Morgan fingerprint density at radius 3 is 2.43 bits per heavy atom. The summed E-state index contributed by atoms with van der Waals surface area (Å²) in [6.45, 7) is 7.61. The third kappa shape index (κ3) is 3.35. The summed E-state index contributed by atoms with van der Waals surface area (Å²) in [5.41, 5.74) is 1.87. The van der Waals surface area contributed by atoms with E-state index in [4.69, 9.17) is 4.74 Å². The Bertz CT molecular complexity index is 838. The lowest BCUT2D eigenvalue weighted by molar-refractivity contribution is -0.0670. The number of ether oxygens (including phenoxy) is 1. The first-order valence-electron chi connectivity index (χ1n) is 10.3. The highest BCUT2D eigenvalue weighted by Crippen LogP contribution is 2.46. The van der Waals surface area contributed by atoms with Gasteiger partial charge in [0.2, 0.25) is 0 Å². The molecule has 2 atom stereocenters. The number of hydrogen-bond donors (Lipinski definition) is 1. The van der Waals surface area contributed by atoms with Crippen molar-refractivity contribution in [2.24, 2.45) is 7.05 Å². The van der Waals surface area contributed by atoms with Crippen molar-refractivity contribution in [1.82, 2.24) is 14.5 Å². The summed E-state index contributed by atoms with van der Waals surface area (Å²) in [6, 6.07) is 7.34. The van der Waals surface area contributed by atoms with Crippen LogP contribution < -0.4 is 4.74 Å². The Balaban J connectivity index is 1.59. The number of piperidine rings is 1. The average molecular weight is 384 g/mol. The summed E-state index contributed by atoms with van der Waals surface area (Å²) in [5, 5.41) is 11.4. The zero-order chi connectivity index (χ0) is 20.1. The first kappa shape index (κ1) is 19.5. The predicted molar refractivity (Wildman–Crippen MR) is 110 cm³/mol. The van der Waals surface area contributed by atoms with Gasteiger partial charge in [-0.15, -0.1) is 0 Å². The molecule has 2 bridgehead atoms. The lowest BCUT2D eigenvalue weighted by Crippen LogP contribution is -2.50. The fraction of sp³-hybridized carbons (Fsp3) is 0.609. The normalized spacial score (nSPS) is 27.9. The van der Waals surface area contributed by atoms with Crippen LogP contribution in [0.15, 0.2) is 30.6 Å². The summed E-state index contributed by atoms with van der Waals surface area (Å²) in [6.07, 6.45) is 7.47. The van der Waals surface area contributed by atoms with Gasteiger partial charge in [0, 0.05) is 43.6 Å². The number of aliphatic hydroxyl groups is 1. The maximum atomic E-state index is 11.4. The summed E-state index contributed by atoms with van der Waals surface area (Å²) < 4.78 is 7.63. The van der Waals surface area contributed by atoms with Crippen LogP contribution in [0.25, 0.3) is 0 Å². The Hall–Kier alpha value is -1.85. The molecular weight excluding hydrogens is 350 g/mol. The minimum atomic E-state index is -0.822. The van der Waals surface area contributed by atoms with Gasteiger partial charge >= 0.3 is 0 Å². The second-order valence-corrected chi connectivity index (χ2v) is 9.64. The highest BCUT2D eigenvalue weighted by Gasteiger charge is 2.49. The molecule has 0 saturated carbocycles. The molecule has 0 aliphatic carbocycles. The van der Waals surface area contributed by atoms with Gasteiger partial charge in [-0.25, -0.2) is 4.98 Å². The standard InChI is InChI=1S/C23H33N3O2/c1-22(2,3)17-6-9-20(28-5)16(12-17)15-26-18-7-8-19(26)14-23(27,13-18)21-24-10-11-25(21)4/h6,9-12,18-19,27H,7-8,13-15H2,1-5H3/t18-,19-/m0/s1. The van der Waals surface area contributed by atoms with Crippen LogP contribution in [-0.2, 0) is 24.6 Å². The molecule has 2 saturated heterocycles. The quantitative estimate of drug-likeness (QED) is 0.874. The van der Waals surface area contributed by atoms with Gasteiger partial charge in [0.25, 0.3) is 0 Å². The van der Waals surface area contributed by atoms with E-state index in [1.807, 2.05) is 17.8 Å². The largest absolute Gasteiger partial charge is 0.496 e. The molecule has 2 fully saturated rings. The Morgan fingerprint density at radius 1 is 1.21 bits per heavy atom. The van der Waals surface area contributed by atoms with E-state index in [0.717, 1.165) is 43.8 Å². The molecule has 3 heterocycles. The third-order valence-corrected chi connectivity index (χ3v) is 6.65. The molecular formula is C23H33N3O2. The first-order valence-corrected chi connectivity index (χ1v) is 10.3.